The maximum Gasteiger partial charge on any atom is 0.237 e. The van der Waals surface area contributed by atoms with E-state index in [0.717, 1.165) is 32.5 Å². The van der Waals surface area contributed by atoms with Crippen LogP contribution in [-0.4, -0.2) is 60.4 Å². The molecule has 1 aromatic carbocycles. The zero-order valence-electron chi connectivity index (χ0n) is 15.5. The van der Waals surface area contributed by atoms with Gasteiger partial charge >= 0.3 is 0 Å². The maximum absolute atomic E-state index is 12.4. The molecule has 2 aliphatic rings. The van der Waals surface area contributed by atoms with Crippen LogP contribution >= 0.6 is 0 Å². The number of rotatable bonds is 5. The van der Waals surface area contributed by atoms with Gasteiger partial charge in [-0.25, -0.2) is 0 Å². The normalized spacial score (nSPS) is 22.2. The van der Waals surface area contributed by atoms with E-state index in [1.54, 1.807) is 0 Å². The van der Waals surface area contributed by atoms with E-state index in [2.05, 4.69) is 22.3 Å². The fourth-order valence-electron chi connectivity index (χ4n) is 4.17. The Morgan fingerprint density at radius 2 is 1.88 bits per heavy atom. The molecule has 1 unspecified atom stereocenters. The first-order chi connectivity index (χ1) is 11.9. The second-order valence-electron chi connectivity index (χ2n) is 8.03. The molecule has 2 amide bonds. The van der Waals surface area contributed by atoms with Gasteiger partial charge in [0.25, 0.3) is 0 Å². The highest BCUT2D eigenvalue weighted by Crippen LogP contribution is 2.42. The van der Waals surface area contributed by atoms with Crippen molar-refractivity contribution >= 4 is 11.8 Å². The summed E-state index contributed by atoms with van der Waals surface area (Å²) >= 11 is 0. The summed E-state index contributed by atoms with van der Waals surface area (Å²) in [6.07, 6.45) is 2.21. The summed E-state index contributed by atoms with van der Waals surface area (Å²) in [6.45, 7) is 6.44. The van der Waals surface area contributed by atoms with Crippen LogP contribution in [0.5, 0.6) is 0 Å². The number of likely N-dealkylation sites (tertiary alicyclic amines) is 2. The molecular formula is C20H29N3O2. The van der Waals surface area contributed by atoms with Crippen molar-refractivity contribution in [3.63, 3.8) is 0 Å². The smallest absolute Gasteiger partial charge is 0.237 e. The van der Waals surface area contributed by atoms with Gasteiger partial charge < -0.3 is 10.2 Å². The van der Waals surface area contributed by atoms with Crippen LogP contribution in [0.4, 0.5) is 0 Å². The molecule has 2 heterocycles. The Labute approximate surface area is 150 Å². The molecule has 5 heteroatoms. The van der Waals surface area contributed by atoms with Gasteiger partial charge in [-0.15, -0.1) is 0 Å². The van der Waals surface area contributed by atoms with Crippen LogP contribution in [-0.2, 0) is 16.0 Å². The van der Waals surface area contributed by atoms with Gasteiger partial charge in [-0.1, -0.05) is 30.3 Å². The molecule has 2 aliphatic heterocycles. The second-order valence-corrected chi connectivity index (χ2v) is 8.03. The number of aryl methyl sites for hydroxylation is 1. The summed E-state index contributed by atoms with van der Waals surface area (Å²) in [5.41, 5.74) is 1.31. The van der Waals surface area contributed by atoms with E-state index in [0.29, 0.717) is 6.42 Å². The predicted octanol–water partition coefficient (Wildman–Crippen LogP) is 1.68. The zero-order valence-corrected chi connectivity index (χ0v) is 15.5. The molecule has 1 spiro atoms. The molecule has 0 aliphatic carbocycles. The monoisotopic (exact) mass is 343 g/mol. The van der Waals surface area contributed by atoms with E-state index in [4.69, 9.17) is 0 Å². The van der Waals surface area contributed by atoms with Crippen LogP contribution in [0.15, 0.2) is 30.3 Å². The molecule has 1 N–H and O–H groups in total. The van der Waals surface area contributed by atoms with E-state index < -0.39 is 0 Å². The Hall–Kier alpha value is -1.88. The highest BCUT2D eigenvalue weighted by Gasteiger charge is 2.53. The van der Waals surface area contributed by atoms with E-state index in [-0.39, 0.29) is 29.3 Å². The van der Waals surface area contributed by atoms with Crippen molar-refractivity contribution in [3.8, 4) is 0 Å². The van der Waals surface area contributed by atoms with Crippen molar-refractivity contribution in [2.45, 2.75) is 45.2 Å². The molecule has 1 atom stereocenters. The topological polar surface area (TPSA) is 52.7 Å². The van der Waals surface area contributed by atoms with Gasteiger partial charge in [0.1, 0.15) is 0 Å². The minimum atomic E-state index is -0.0658. The molecule has 2 fully saturated rings. The van der Waals surface area contributed by atoms with Crippen LogP contribution < -0.4 is 5.32 Å². The molecule has 3 rings (SSSR count). The van der Waals surface area contributed by atoms with Crippen LogP contribution in [0.1, 0.15) is 32.3 Å². The van der Waals surface area contributed by atoms with Crippen molar-refractivity contribution in [1.29, 1.82) is 0 Å². The fraction of sp³-hybridized carbons (Fsp3) is 0.600. The molecule has 1 aromatic rings. The molecule has 2 saturated heterocycles. The third-order valence-corrected chi connectivity index (χ3v) is 5.35. The SMILES string of the molecule is CC(C)NC(=O)C1CC2(CN(C(=O)CCc3ccccc3)C2)CN1C. The zero-order chi connectivity index (χ0) is 18.0. The predicted molar refractivity (Wildman–Crippen MR) is 98.1 cm³/mol. The molecule has 136 valence electrons. The number of carbonyl (C=O) groups is 2. The number of benzene rings is 1. The van der Waals surface area contributed by atoms with Crippen molar-refractivity contribution in [2.75, 3.05) is 26.7 Å². The average molecular weight is 343 g/mol. The highest BCUT2D eigenvalue weighted by molar-refractivity contribution is 5.83. The molecule has 0 bridgehead atoms. The lowest BCUT2D eigenvalue weighted by Crippen LogP contribution is -2.59. The van der Waals surface area contributed by atoms with Crippen LogP contribution in [0, 0.1) is 5.41 Å². The van der Waals surface area contributed by atoms with Crippen molar-refractivity contribution < 1.29 is 9.59 Å². The summed E-state index contributed by atoms with van der Waals surface area (Å²) in [4.78, 5) is 28.8. The molecule has 5 nitrogen and oxygen atoms in total. The number of hydrogen-bond donors (Lipinski definition) is 1. The third-order valence-electron chi connectivity index (χ3n) is 5.35. The lowest BCUT2D eigenvalue weighted by Gasteiger charge is -2.48. The van der Waals surface area contributed by atoms with Crippen molar-refractivity contribution in [1.82, 2.24) is 15.1 Å². The summed E-state index contributed by atoms with van der Waals surface area (Å²) < 4.78 is 0. The Balaban J connectivity index is 1.48. The third kappa shape index (κ3) is 4.03. The van der Waals surface area contributed by atoms with Gasteiger partial charge in [0, 0.05) is 37.5 Å². The molecule has 0 saturated carbocycles. The fourth-order valence-corrected chi connectivity index (χ4v) is 4.17. The lowest BCUT2D eigenvalue weighted by atomic mass is 9.77. The number of amides is 2. The minimum Gasteiger partial charge on any atom is -0.353 e. The summed E-state index contributed by atoms with van der Waals surface area (Å²) in [5.74, 6) is 0.343. The lowest BCUT2D eigenvalue weighted by molar-refractivity contribution is -0.142. The number of likely N-dealkylation sites (N-methyl/N-ethyl adjacent to an activating group) is 1. The maximum atomic E-state index is 12.4. The number of hydrogen-bond acceptors (Lipinski definition) is 3. The van der Waals surface area contributed by atoms with E-state index in [1.165, 1.54) is 5.56 Å². The number of nitrogens with one attached hydrogen (secondary N) is 1. The average Bonchev–Trinajstić information content (AvgIpc) is 2.89. The highest BCUT2D eigenvalue weighted by atomic mass is 16.2. The minimum absolute atomic E-state index is 0.0658. The number of carbonyl (C=O) groups excluding carboxylic acids is 2. The summed E-state index contributed by atoms with van der Waals surface area (Å²) in [6, 6.07) is 10.2. The Bertz CT molecular complexity index is 623. The van der Waals surface area contributed by atoms with Crippen molar-refractivity contribution in [2.24, 2.45) is 5.41 Å². The molecular weight excluding hydrogens is 314 g/mol. The van der Waals surface area contributed by atoms with Crippen LogP contribution in [0.2, 0.25) is 0 Å². The van der Waals surface area contributed by atoms with Gasteiger partial charge in [0.15, 0.2) is 0 Å². The second kappa shape index (κ2) is 7.16. The Morgan fingerprint density at radius 3 is 2.52 bits per heavy atom. The van der Waals surface area contributed by atoms with Crippen molar-refractivity contribution in [3.05, 3.63) is 35.9 Å². The van der Waals surface area contributed by atoms with E-state index in [9.17, 15) is 9.59 Å². The number of nitrogens with zero attached hydrogens (tertiary/aromatic N) is 2. The largest absolute Gasteiger partial charge is 0.353 e. The van der Waals surface area contributed by atoms with Gasteiger partial charge in [-0.2, -0.15) is 0 Å². The van der Waals surface area contributed by atoms with E-state index in [1.807, 2.05) is 44.0 Å². The van der Waals surface area contributed by atoms with E-state index >= 15 is 0 Å². The first-order valence-corrected chi connectivity index (χ1v) is 9.21. The van der Waals surface area contributed by atoms with Crippen LogP contribution in [0.25, 0.3) is 0 Å². The first kappa shape index (κ1) is 17.9. The van der Waals surface area contributed by atoms with Gasteiger partial charge in [-0.3, -0.25) is 14.5 Å². The summed E-state index contributed by atoms with van der Waals surface area (Å²) in [5, 5.41) is 3.01. The first-order valence-electron chi connectivity index (χ1n) is 9.21. The quantitative estimate of drug-likeness (QED) is 0.885. The van der Waals surface area contributed by atoms with Gasteiger partial charge in [0.05, 0.1) is 6.04 Å². The Kier molecular flexibility index (Phi) is 5.13. The van der Waals surface area contributed by atoms with Crippen LogP contribution in [0.3, 0.4) is 0 Å². The Morgan fingerprint density at radius 1 is 1.20 bits per heavy atom. The van der Waals surface area contributed by atoms with Gasteiger partial charge in [0.2, 0.25) is 11.8 Å². The molecule has 25 heavy (non-hydrogen) atoms. The van der Waals surface area contributed by atoms with Gasteiger partial charge in [-0.05, 0) is 39.3 Å². The molecule has 0 aromatic heterocycles. The molecule has 0 radical (unpaired) electrons. The summed E-state index contributed by atoms with van der Waals surface area (Å²) in [7, 11) is 2.01. The standard InChI is InChI=1S/C20H29N3O2/c1-15(2)21-19(25)17-11-20(12-22(17)3)13-23(14-20)18(24)10-9-16-7-5-4-6-8-16/h4-8,15,17H,9-14H2,1-3H3,(H,21,25).